The summed E-state index contributed by atoms with van der Waals surface area (Å²) in [7, 11) is -3.82. The largest absolute Gasteiger partial charge is 0.493 e. The molecule has 1 aliphatic carbocycles. The minimum absolute atomic E-state index is 0.0664. The first-order chi connectivity index (χ1) is 17.4. The zero-order valence-corrected chi connectivity index (χ0v) is 22.1. The Morgan fingerprint density at radius 2 is 1.81 bits per heavy atom. The summed E-state index contributed by atoms with van der Waals surface area (Å²) in [6, 6.07) is 7.79. The van der Waals surface area contributed by atoms with Crippen molar-refractivity contribution in [3.05, 3.63) is 41.3 Å². The molecule has 1 amide bonds. The summed E-state index contributed by atoms with van der Waals surface area (Å²) >= 11 is 0. The lowest BCUT2D eigenvalue weighted by Gasteiger charge is -2.31. The first-order valence-corrected chi connectivity index (χ1v) is 14.5. The zero-order chi connectivity index (χ0) is 25.5. The number of rotatable bonds is 8. The van der Waals surface area contributed by atoms with Gasteiger partial charge in [-0.05, 0) is 57.7 Å². The molecule has 8 nitrogen and oxygen atoms in total. The van der Waals surface area contributed by atoms with Crippen LogP contribution in [0.3, 0.4) is 0 Å². The summed E-state index contributed by atoms with van der Waals surface area (Å²) in [6.07, 6.45) is 11.3. The van der Waals surface area contributed by atoms with Gasteiger partial charge in [-0.1, -0.05) is 49.0 Å². The van der Waals surface area contributed by atoms with Crippen LogP contribution >= 0.6 is 0 Å². The number of piperidine rings is 1. The van der Waals surface area contributed by atoms with E-state index >= 15 is 0 Å². The maximum atomic E-state index is 13.6. The Bertz CT molecular complexity index is 1160. The second-order valence-corrected chi connectivity index (χ2v) is 11.5. The molecular formula is C27H37N3O5S. The van der Waals surface area contributed by atoms with E-state index in [-0.39, 0.29) is 28.5 Å². The van der Waals surface area contributed by atoms with Crippen LogP contribution in [0.2, 0.25) is 0 Å². The van der Waals surface area contributed by atoms with Gasteiger partial charge < -0.3 is 14.6 Å². The second kappa shape index (κ2) is 12.1. The fourth-order valence-electron chi connectivity index (χ4n) is 5.10. The summed E-state index contributed by atoms with van der Waals surface area (Å²) in [4.78, 5) is 12.9. The third-order valence-electron chi connectivity index (χ3n) is 7.09. The number of amides is 1. The lowest BCUT2D eigenvalue weighted by molar-refractivity contribution is -0.126. The van der Waals surface area contributed by atoms with Crippen molar-refractivity contribution in [3.63, 3.8) is 0 Å². The fourth-order valence-corrected chi connectivity index (χ4v) is 6.82. The smallest absolute Gasteiger partial charge is 0.248 e. The number of aromatic nitrogens is 1. The number of benzene rings is 1. The molecule has 36 heavy (non-hydrogen) atoms. The van der Waals surface area contributed by atoms with E-state index in [1.807, 2.05) is 31.2 Å². The molecular weight excluding hydrogens is 478 g/mol. The molecule has 9 heteroatoms. The van der Waals surface area contributed by atoms with Crippen LogP contribution < -0.4 is 10.1 Å². The van der Waals surface area contributed by atoms with Crippen molar-refractivity contribution in [2.45, 2.75) is 76.2 Å². The molecule has 4 rings (SSSR count). The van der Waals surface area contributed by atoms with E-state index in [1.165, 1.54) is 17.1 Å². The van der Waals surface area contributed by atoms with Crippen molar-refractivity contribution in [2.24, 2.45) is 5.92 Å². The van der Waals surface area contributed by atoms with Gasteiger partial charge in [-0.2, -0.15) is 4.31 Å². The van der Waals surface area contributed by atoms with Gasteiger partial charge in [-0.3, -0.25) is 4.79 Å². The van der Waals surface area contributed by atoms with Gasteiger partial charge in [0.2, 0.25) is 15.9 Å². The van der Waals surface area contributed by atoms with Gasteiger partial charge in [-0.15, -0.1) is 0 Å². The van der Waals surface area contributed by atoms with E-state index in [9.17, 15) is 13.2 Å². The number of carbonyl (C=O) groups excluding carboxylic acids is 1. The minimum Gasteiger partial charge on any atom is -0.493 e. The molecule has 0 bridgehead atoms. The van der Waals surface area contributed by atoms with Crippen molar-refractivity contribution >= 4 is 28.1 Å². The van der Waals surface area contributed by atoms with Gasteiger partial charge >= 0.3 is 0 Å². The normalized spacial score (nSPS) is 18.8. The Hall–Kier alpha value is -2.65. The molecule has 1 aromatic carbocycles. The van der Waals surface area contributed by atoms with Crippen LogP contribution in [0.25, 0.3) is 12.2 Å². The van der Waals surface area contributed by atoms with E-state index in [0.29, 0.717) is 44.0 Å². The van der Waals surface area contributed by atoms with Crippen molar-refractivity contribution in [2.75, 3.05) is 19.7 Å². The van der Waals surface area contributed by atoms with Crippen LogP contribution in [-0.2, 0) is 14.8 Å². The van der Waals surface area contributed by atoms with Gasteiger partial charge in [0, 0.05) is 30.6 Å². The average molecular weight is 516 g/mol. The molecule has 1 aliphatic heterocycles. The van der Waals surface area contributed by atoms with Gasteiger partial charge in [0.25, 0.3) is 0 Å². The minimum atomic E-state index is -3.82. The van der Waals surface area contributed by atoms with Crippen molar-refractivity contribution in [1.82, 2.24) is 14.8 Å². The predicted molar refractivity (Wildman–Crippen MR) is 139 cm³/mol. The number of hydrogen-bond donors (Lipinski definition) is 1. The maximum Gasteiger partial charge on any atom is 0.248 e. The Morgan fingerprint density at radius 3 is 2.50 bits per heavy atom. The standard InChI is InChI=1S/C27H37N3O5S/c1-3-34-24-13-9-8-10-21(24)14-15-25-26(20(2)29-35-25)36(32,33)30-18-16-22(17-19-30)27(31)28-23-11-6-4-5-7-12-23/h8-10,13-15,22-23H,3-7,11-12,16-19H2,1-2H3,(H,28,31). The van der Waals surface area contributed by atoms with Crippen LogP contribution in [-0.4, -0.2) is 49.5 Å². The topological polar surface area (TPSA) is 102 Å². The Morgan fingerprint density at radius 1 is 1.11 bits per heavy atom. The number of aryl methyl sites for hydroxylation is 1. The zero-order valence-electron chi connectivity index (χ0n) is 21.2. The Balaban J connectivity index is 1.43. The number of nitrogens with one attached hydrogen (secondary N) is 1. The van der Waals surface area contributed by atoms with Gasteiger partial charge in [0.1, 0.15) is 11.4 Å². The molecule has 2 heterocycles. The lowest BCUT2D eigenvalue weighted by Crippen LogP contribution is -2.45. The fraction of sp³-hybridized carbons (Fsp3) is 0.556. The number of carbonyl (C=O) groups is 1. The van der Waals surface area contributed by atoms with Crippen molar-refractivity contribution < 1.29 is 22.5 Å². The van der Waals surface area contributed by atoms with E-state index in [4.69, 9.17) is 9.26 Å². The molecule has 2 fully saturated rings. The molecule has 1 saturated heterocycles. The van der Waals surface area contributed by atoms with Gasteiger partial charge in [0.15, 0.2) is 10.7 Å². The summed E-state index contributed by atoms with van der Waals surface area (Å²) in [5.41, 5.74) is 1.14. The van der Waals surface area contributed by atoms with Crippen molar-refractivity contribution in [3.8, 4) is 5.75 Å². The summed E-state index contributed by atoms with van der Waals surface area (Å²) in [5, 5.41) is 7.16. The third-order valence-corrected chi connectivity index (χ3v) is 9.15. The molecule has 1 aromatic heterocycles. The number of ether oxygens (including phenoxy) is 1. The summed E-state index contributed by atoms with van der Waals surface area (Å²) < 4.78 is 39.6. The number of sulfonamides is 1. The molecule has 1 saturated carbocycles. The summed E-state index contributed by atoms with van der Waals surface area (Å²) in [5.74, 6) is 0.808. The molecule has 196 valence electrons. The maximum absolute atomic E-state index is 13.6. The highest BCUT2D eigenvalue weighted by Gasteiger charge is 2.36. The molecule has 2 aromatic rings. The number of para-hydroxylation sites is 1. The van der Waals surface area contributed by atoms with Crippen molar-refractivity contribution in [1.29, 1.82) is 0 Å². The first-order valence-electron chi connectivity index (χ1n) is 13.1. The molecule has 2 aliphatic rings. The van der Waals surface area contributed by atoms with Gasteiger partial charge in [0.05, 0.1) is 6.61 Å². The molecule has 0 unspecified atom stereocenters. The van der Waals surface area contributed by atoms with Crippen LogP contribution in [0.4, 0.5) is 0 Å². The molecule has 1 N–H and O–H groups in total. The lowest BCUT2D eigenvalue weighted by atomic mass is 9.96. The third kappa shape index (κ3) is 6.18. The molecule has 0 atom stereocenters. The van der Waals surface area contributed by atoms with Crippen LogP contribution in [0.15, 0.2) is 33.7 Å². The SMILES string of the molecule is CCOc1ccccc1C=Cc1onc(C)c1S(=O)(=O)N1CCC(C(=O)NC2CCCCCC2)CC1. The first kappa shape index (κ1) is 26.4. The quantitative estimate of drug-likeness (QED) is 0.507. The average Bonchev–Trinajstić information content (AvgIpc) is 3.07. The van der Waals surface area contributed by atoms with E-state index < -0.39 is 10.0 Å². The van der Waals surface area contributed by atoms with Crippen LogP contribution in [0.1, 0.15) is 75.3 Å². The predicted octanol–water partition coefficient (Wildman–Crippen LogP) is 4.79. The summed E-state index contributed by atoms with van der Waals surface area (Å²) in [6.45, 7) is 4.67. The van der Waals surface area contributed by atoms with E-state index in [2.05, 4.69) is 10.5 Å². The van der Waals surface area contributed by atoms with Crippen LogP contribution in [0.5, 0.6) is 5.75 Å². The Labute approximate surface area is 214 Å². The molecule has 0 spiro atoms. The molecule has 0 radical (unpaired) electrons. The van der Waals surface area contributed by atoms with E-state index in [0.717, 1.165) is 31.2 Å². The number of hydrogen-bond acceptors (Lipinski definition) is 6. The monoisotopic (exact) mass is 515 g/mol. The van der Waals surface area contributed by atoms with E-state index in [1.54, 1.807) is 19.1 Å². The van der Waals surface area contributed by atoms with Crippen LogP contribution in [0, 0.1) is 12.8 Å². The highest BCUT2D eigenvalue weighted by Crippen LogP contribution is 2.30. The number of nitrogens with zero attached hydrogens (tertiary/aromatic N) is 2. The highest BCUT2D eigenvalue weighted by molar-refractivity contribution is 7.89. The van der Waals surface area contributed by atoms with Gasteiger partial charge in [-0.25, -0.2) is 8.42 Å². The Kier molecular flexibility index (Phi) is 8.85. The highest BCUT2D eigenvalue weighted by atomic mass is 32.2. The second-order valence-electron chi connectivity index (χ2n) is 9.64.